The Morgan fingerprint density at radius 2 is 1.86 bits per heavy atom. The molecule has 0 amide bonds. The number of benzene rings is 1. The van der Waals surface area contributed by atoms with E-state index in [0.29, 0.717) is 5.92 Å². The topological polar surface area (TPSA) is 40.1 Å². The Labute approximate surface area is 171 Å². The standard InChI is InChI=1S/C23H38N4O/c1-24-23(27(3)16-19-13-14-28-18-19)25-15-20-9-7-8-10-21(20)17-26(2)22-11-5-4-6-12-22/h7-10,19,22H,4-6,11-18H2,1-3H3,(H,24,25). The van der Waals surface area contributed by atoms with E-state index in [2.05, 4.69) is 58.5 Å². The van der Waals surface area contributed by atoms with Gasteiger partial charge in [0, 0.05) is 52.3 Å². The maximum absolute atomic E-state index is 5.51. The van der Waals surface area contributed by atoms with Crippen LogP contribution in [-0.2, 0) is 17.8 Å². The molecular weight excluding hydrogens is 348 g/mol. The number of nitrogens with zero attached hydrogens (tertiary/aromatic N) is 3. The van der Waals surface area contributed by atoms with Crippen LogP contribution in [0.15, 0.2) is 29.3 Å². The smallest absolute Gasteiger partial charge is 0.193 e. The molecule has 1 N–H and O–H groups in total. The van der Waals surface area contributed by atoms with Crippen LogP contribution >= 0.6 is 0 Å². The van der Waals surface area contributed by atoms with Crippen molar-refractivity contribution in [2.75, 3.05) is 40.9 Å². The molecule has 1 saturated heterocycles. The van der Waals surface area contributed by atoms with Crippen molar-refractivity contribution >= 4 is 5.96 Å². The van der Waals surface area contributed by atoms with E-state index in [4.69, 9.17) is 4.74 Å². The molecule has 28 heavy (non-hydrogen) atoms. The zero-order valence-corrected chi connectivity index (χ0v) is 18.0. The Hall–Kier alpha value is -1.59. The minimum atomic E-state index is 0.611. The van der Waals surface area contributed by atoms with E-state index < -0.39 is 0 Å². The highest BCUT2D eigenvalue weighted by atomic mass is 16.5. The first-order chi connectivity index (χ1) is 13.7. The number of hydrogen-bond acceptors (Lipinski definition) is 3. The van der Waals surface area contributed by atoms with E-state index in [-0.39, 0.29) is 0 Å². The van der Waals surface area contributed by atoms with Gasteiger partial charge in [-0.1, -0.05) is 43.5 Å². The molecule has 1 aliphatic heterocycles. The largest absolute Gasteiger partial charge is 0.381 e. The van der Waals surface area contributed by atoms with Crippen molar-refractivity contribution < 1.29 is 4.74 Å². The zero-order chi connectivity index (χ0) is 19.8. The van der Waals surface area contributed by atoms with Crippen molar-refractivity contribution in [3.63, 3.8) is 0 Å². The van der Waals surface area contributed by atoms with E-state index >= 15 is 0 Å². The lowest BCUT2D eigenvalue weighted by atomic mass is 9.94. The van der Waals surface area contributed by atoms with Crippen LogP contribution < -0.4 is 5.32 Å². The first-order valence-corrected chi connectivity index (χ1v) is 10.9. The summed E-state index contributed by atoms with van der Waals surface area (Å²) in [6.07, 6.45) is 8.01. The maximum Gasteiger partial charge on any atom is 0.193 e. The van der Waals surface area contributed by atoms with E-state index in [1.54, 1.807) is 0 Å². The molecule has 0 aromatic heterocycles. The van der Waals surface area contributed by atoms with Crippen LogP contribution in [0.2, 0.25) is 0 Å². The zero-order valence-electron chi connectivity index (χ0n) is 18.0. The molecular formula is C23H38N4O. The molecule has 0 radical (unpaired) electrons. The molecule has 1 heterocycles. The highest BCUT2D eigenvalue weighted by molar-refractivity contribution is 5.79. The number of nitrogens with one attached hydrogen (secondary N) is 1. The maximum atomic E-state index is 5.51. The number of ether oxygens (including phenoxy) is 1. The fourth-order valence-electron chi connectivity index (χ4n) is 4.56. The van der Waals surface area contributed by atoms with Gasteiger partial charge < -0.3 is 15.0 Å². The van der Waals surface area contributed by atoms with Gasteiger partial charge >= 0.3 is 0 Å². The fourth-order valence-corrected chi connectivity index (χ4v) is 4.56. The Balaban J connectivity index is 1.55. The van der Waals surface area contributed by atoms with E-state index in [0.717, 1.165) is 51.3 Å². The van der Waals surface area contributed by atoms with Gasteiger partial charge in [-0.2, -0.15) is 0 Å². The predicted octanol–water partition coefficient (Wildman–Crippen LogP) is 3.49. The minimum absolute atomic E-state index is 0.611. The molecule has 1 unspecified atom stereocenters. The molecule has 156 valence electrons. The van der Waals surface area contributed by atoms with Crippen LogP contribution in [0, 0.1) is 5.92 Å². The fraction of sp³-hybridized carbons (Fsp3) is 0.696. The van der Waals surface area contributed by atoms with Crippen molar-refractivity contribution in [2.45, 2.75) is 57.7 Å². The molecule has 2 aliphatic rings. The number of aliphatic imine (C=N–C) groups is 1. The quantitative estimate of drug-likeness (QED) is 0.575. The summed E-state index contributed by atoms with van der Waals surface area (Å²) >= 11 is 0. The molecule has 2 fully saturated rings. The molecule has 0 bridgehead atoms. The van der Waals surface area contributed by atoms with Crippen LogP contribution in [0.25, 0.3) is 0 Å². The predicted molar refractivity (Wildman–Crippen MR) is 117 cm³/mol. The number of guanidine groups is 1. The van der Waals surface area contributed by atoms with Crippen molar-refractivity contribution in [1.82, 2.24) is 15.1 Å². The summed E-state index contributed by atoms with van der Waals surface area (Å²) in [6.45, 7) is 4.60. The second kappa shape index (κ2) is 10.8. The van der Waals surface area contributed by atoms with Crippen LogP contribution in [0.3, 0.4) is 0 Å². The van der Waals surface area contributed by atoms with Gasteiger partial charge in [-0.15, -0.1) is 0 Å². The van der Waals surface area contributed by atoms with Gasteiger partial charge in [-0.25, -0.2) is 0 Å². The number of rotatable bonds is 7. The molecule has 3 rings (SSSR count). The lowest BCUT2D eigenvalue weighted by Crippen LogP contribution is -2.41. The highest BCUT2D eigenvalue weighted by Gasteiger charge is 2.20. The molecule has 5 heteroatoms. The average Bonchev–Trinajstić information content (AvgIpc) is 3.23. The Kier molecular flexibility index (Phi) is 8.16. The van der Waals surface area contributed by atoms with Crippen LogP contribution in [0.4, 0.5) is 0 Å². The Bertz CT molecular complexity index is 621. The van der Waals surface area contributed by atoms with E-state index in [1.165, 1.54) is 43.2 Å². The molecule has 1 aromatic rings. The van der Waals surface area contributed by atoms with E-state index in [9.17, 15) is 0 Å². The Morgan fingerprint density at radius 3 is 2.54 bits per heavy atom. The second-order valence-corrected chi connectivity index (χ2v) is 8.49. The summed E-state index contributed by atoms with van der Waals surface area (Å²) in [6, 6.07) is 9.56. The normalized spacial score (nSPS) is 21.3. The van der Waals surface area contributed by atoms with Crippen molar-refractivity contribution in [3.8, 4) is 0 Å². The molecule has 1 aromatic carbocycles. The third kappa shape index (κ3) is 5.95. The molecule has 1 aliphatic carbocycles. The van der Waals surface area contributed by atoms with Gasteiger partial charge in [0.2, 0.25) is 0 Å². The van der Waals surface area contributed by atoms with Gasteiger partial charge in [0.1, 0.15) is 0 Å². The third-order valence-electron chi connectivity index (χ3n) is 6.30. The first-order valence-electron chi connectivity index (χ1n) is 10.9. The highest BCUT2D eigenvalue weighted by Crippen LogP contribution is 2.23. The summed E-state index contributed by atoms with van der Waals surface area (Å²) in [5, 5.41) is 3.57. The van der Waals surface area contributed by atoms with Gasteiger partial charge in [0.15, 0.2) is 5.96 Å². The molecule has 0 spiro atoms. The monoisotopic (exact) mass is 386 g/mol. The average molecular weight is 387 g/mol. The van der Waals surface area contributed by atoms with Crippen LogP contribution in [-0.4, -0.2) is 62.7 Å². The molecule has 1 saturated carbocycles. The van der Waals surface area contributed by atoms with Crippen molar-refractivity contribution in [3.05, 3.63) is 35.4 Å². The molecule has 1 atom stereocenters. The van der Waals surface area contributed by atoms with Gasteiger partial charge in [0.05, 0.1) is 6.61 Å². The summed E-state index contributed by atoms with van der Waals surface area (Å²) in [7, 11) is 6.28. The Morgan fingerprint density at radius 1 is 1.11 bits per heavy atom. The first kappa shape index (κ1) is 21.1. The molecule has 5 nitrogen and oxygen atoms in total. The van der Waals surface area contributed by atoms with Gasteiger partial charge in [-0.05, 0) is 37.4 Å². The van der Waals surface area contributed by atoms with Crippen molar-refractivity contribution in [2.24, 2.45) is 10.9 Å². The SMILES string of the molecule is CN=C(NCc1ccccc1CN(C)C1CCCCC1)N(C)CC1CCOC1. The van der Waals surface area contributed by atoms with Gasteiger partial charge in [0.25, 0.3) is 0 Å². The summed E-state index contributed by atoms with van der Waals surface area (Å²) in [5.41, 5.74) is 2.79. The van der Waals surface area contributed by atoms with Gasteiger partial charge in [-0.3, -0.25) is 9.89 Å². The van der Waals surface area contributed by atoms with Crippen molar-refractivity contribution in [1.29, 1.82) is 0 Å². The summed E-state index contributed by atoms with van der Waals surface area (Å²) in [4.78, 5) is 9.28. The van der Waals surface area contributed by atoms with Crippen LogP contribution in [0.5, 0.6) is 0 Å². The van der Waals surface area contributed by atoms with E-state index in [1.807, 2.05) is 7.05 Å². The number of hydrogen-bond donors (Lipinski definition) is 1. The lowest BCUT2D eigenvalue weighted by Gasteiger charge is -2.32. The third-order valence-corrected chi connectivity index (χ3v) is 6.30. The summed E-state index contributed by atoms with van der Waals surface area (Å²) < 4.78 is 5.51. The van der Waals surface area contributed by atoms with Crippen LogP contribution in [0.1, 0.15) is 49.7 Å². The lowest BCUT2D eigenvalue weighted by molar-refractivity contribution is 0.181. The minimum Gasteiger partial charge on any atom is -0.381 e. The second-order valence-electron chi connectivity index (χ2n) is 8.49. The summed E-state index contributed by atoms with van der Waals surface area (Å²) in [5.74, 6) is 1.57.